The number of imidazole rings is 1. The summed E-state index contributed by atoms with van der Waals surface area (Å²) >= 11 is 0. The van der Waals surface area contributed by atoms with Gasteiger partial charge in [0.1, 0.15) is 24.4 Å². The van der Waals surface area contributed by atoms with Gasteiger partial charge in [0.05, 0.1) is 37.0 Å². The van der Waals surface area contributed by atoms with E-state index in [4.69, 9.17) is 14.6 Å². The molecule has 2 aromatic heterocycles. The third-order valence-electron chi connectivity index (χ3n) is 5.44. The highest BCUT2D eigenvalue weighted by atomic mass is 16.5. The van der Waals surface area contributed by atoms with Crippen molar-refractivity contribution in [3.05, 3.63) is 53.7 Å². The van der Waals surface area contributed by atoms with Crippen molar-refractivity contribution in [2.45, 2.75) is 45.0 Å². The first-order valence-electron chi connectivity index (χ1n) is 11.1. The monoisotopic (exact) mass is 487 g/mol. The minimum atomic E-state index is -1.02. The zero-order valence-corrected chi connectivity index (χ0v) is 19.5. The first-order chi connectivity index (χ1) is 16.9. The molecular weight excluding hydrogens is 458 g/mol. The SMILES string of the molecule is CCC(NC(O)CCC(=O)NO)c1nc2cc(C(=O)NCC(=O)OC)ccc2n1Cc1ccco1. The quantitative estimate of drug-likeness (QED) is 0.109. The number of carbonyl (C=O) groups excluding carboxylic acids is 3. The predicted octanol–water partition coefficient (Wildman–Crippen LogP) is 1.23. The lowest BCUT2D eigenvalue weighted by Gasteiger charge is -2.22. The Morgan fingerprint density at radius 2 is 2.06 bits per heavy atom. The van der Waals surface area contributed by atoms with Crippen LogP contribution in [0.3, 0.4) is 0 Å². The first kappa shape index (κ1) is 25.9. The van der Waals surface area contributed by atoms with Crippen LogP contribution in [0, 0.1) is 0 Å². The number of hydroxylamine groups is 1. The molecule has 2 heterocycles. The maximum absolute atomic E-state index is 12.5. The van der Waals surface area contributed by atoms with Crippen LogP contribution >= 0.6 is 0 Å². The normalized spacial score (nSPS) is 12.8. The smallest absolute Gasteiger partial charge is 0.325 e. The Hall–Kier alpha value is -3.74. The van der Waals surface area contributed by atoms with E-state index in [1.807, 2.05) is 17.6 Å². The lowest BCUT2D eigenvalue weighted by molar-refractivity contribution is -0.139. The number of fused-ring (bicyclic) bond motifs is 1. The number of rotatable bonds is 12. The number of benzene rings is 1. The first-order valence-corrected chi connectivity index (χ1v) is 11.1. The van der Waals surface area contributed by atoms with E-state index >= 15 is 0 Å². The molecule has 12 nitrogen and oxygen atoms in total. The summed E-state index contributed by atoms with van der Waals surface area (Å²) < 4.78 is 12.0. The molecule has 2 atom stereocenters. The Morgan fingerprint density at radius 1 is 1.26 bits per heavy atom. The summed E-state index contributed by atoms with van der Waals surface area (Å²) in [6.07, 6.45) is 1.15. The topological polar surface area (TPSA) is 168 Å². The van der Waals surface area contributed by atoms with E-state index in [2.05, 4.69) is 15.4 Å². The minimum Gasteiger partial charge on any atom is -0.468 e. The molecule has 0 aliphatic rings. The van der Waals surface area contributed by atoms with Gasteiger partial charge >= 0.3 is 5.97 Å². The summed E-state index contributed by atoms with van der Waals surface area (Å²) in [6.45, 7) is 2.04. The highest BCUT2D eigenvalue weighted by Crippen LogP contribution is 2.26. The van der Waals surface area contributed by atoms with Crippen molar-refractivity contribution in [2.24, 2.45) is 0 Å². The van der Waals surface area contributed by atoms with Crippen molar-refractivity contribution < 1.29 is 33.9 Å². The van der Waals surface area contributed by atoms with Crippen LogP contribution in [0.1, 0.15) is 54.2 Å². The molecule has 1 aromatic carbocycles. The number of furan rings is 1. The largest absolute Gasteiger partial charge is 0.468 e. The molecule has 188 valence electrons. The van der Waals surface area contributed by atoms with Crippen molar-refractivity contribution in [2.75, 3.05) is 13.7 Å². The van der Waals surface area contributed by atoms with Crippen LogP contribution in [0.5, 0.6) is 0 Å². The van der Waals surface area contributed by atoms with Gasteiger partial charge in [-0.05, 0) is 43.2 Å². The molecular formula is C23H29N5O7. The van der Waals surface area contributed by atoms with Crippen molar-refractivity contribution in [1.29, 1.82) is 0 Å². The number of aliphatic hydroxyl groups excluding tert-OH is 1. The Bertz CT molecular complexity index is 1160. The lowest BCUT2D eigenvalue weighted by Crippen LogP contribution is -2.35. The van der Waals surface area contributed by atoms with E-state index in [0.29, 0.717) is 35.6 Å². The molecule has 0 radical (unpaired) electrons. The molecule has 0 saturated carbocycles. The highest BCUT2D eigenvalue weighted by Gasteiger charge is 2.23. The predicted molar refractivity (Wildman–Crippen MR) is 123 cm³/mol. The number of nitrogens with one attached hydrogen (secondary N) is 3. The van der Waals surface area contributed by atoms with Crippen molar-refractivity contribution >= 4 is 28.8 Å². The molecule has 3 rings (SSSR count). The third-order valence-corrected chi connectivity index (χ3v) is 5.44. The zero-order chi connectivity index (χ0) is 25.4. The number of amides is 2. The van der Waals surface area contributed by atoms with Crippen LogP contribution in [-0.2, 0) is 20.9 Å². The molecule has 2 amide bonds. The second-order valence-electron chi connectivity index (χ2n) is 7.81. The van der Waals surface area contributed by atoms with E-state index in [1.165, 1.54) is 7.11 Å². The van der Waals surface area contributed by atoms with Gasteiger partial charge in [0.15, 0.2) is 0 Å². The Balaban J connectivity index is 1.91. The van der Waals surface area contributed by atoms with Crippen LogP contribution in [-0.4, -0.2) is 57.5 Å². The molecule has 2 unspecified atom stereocenters. The number of ether oxygens (including phenoxy) is 1. The van der Waals surface area contributed by atoms with Gasteiger partial charge in [0.2, 0.25) is 5.91 Å². The highest BCUT2D eigenvalue weighted by molar-refractivity contribution is 5.98. The number of hydrogen-bond donors (Lipinski definition) is 5. The standard InChI is InChI=1S/C23H29N5O7/c1-3-16(25-19(29)8-9-20(30)27-33)22-26-17-11-14(23(32)24-12-21(31)34-2)6-7-18(17)28(22)13-15-5-4-10-35-15/h4-7,10-11,16,19,25,29,33H,3,8-9,12-13H2,1-2H3,(H,24,32)(H,27,30). The van der Waals surface area contributed by atoms with Gasteiger partial charge in [-0.15, -0.1) is 0 Å². The molecule has 0 aliphatic carbocycles. The van der Waals surface area contributed by atoms with Crippen molar-refractivity contribution in [3.63, 3.8) is 0 Å². The third kappa shape index (κ3) is 6.66. The molecule has 5 N–H and O–H groups in total. The maximum Gasteiger partial charge on any atom is 0.325 e. The van der Waals surface area contributed by atoms with Crippen LogP contribution in [0.15, 0.2) is 41.0 Å². The molecule has 0 aliphatic heterocycles. The van der Waals surface area contributed by atoms with Crippen LogP contribution in [0.2, 0.25) is 0 Å². The summed E-state index contributed by atoms with van der Waals surface area (Å²) in [5.74, 6) is -0.294. The van der Waals surface area contributed by atoms with Gasteiger partial charge in [-0.3, -0.25) is 24.9 Å². The van der Waals surface area contributed by atoms with Crippen molar-refractivity contribution in [1.82, 2.24) is 25.7 Å². The van der Waals surface area contributed by atoms with Gasteiger partial charge in [-0.2, -0.15) is 0 Å². The zero-order valence-electron chi connectivity index (χ0n) is 19.5. The second kappa shape index (κ2) is 12.1. The fourth-order valence-electron chi connectivity index (χ4n) is 3.62. The number of carbonyl (C=O) groups is 3. The maximum atomic E-state index is 12.5. The molecule has 3 aromatic rings. The van der Waals surface area contributed by atoms with Gasteiger partial charge < -0.3 is 24.1 Å². The molecule has 0 saturated heterocycles. The second-order valence-corrected chi connectivity index (χ2v) is 7.81. The number of hydrogen-bond acceptors (Lipinski definition) is 9. The minimum absolute atomic E-state index is 0.0615. The van der Waals surface area contributed by atoms with Crippen LogP contribution in [0.4, 0.5) is 0 Å². The van der Waals surface area contributed by atoms with Gasteiger partial charge in [-0.1, -0.05) is 6.92 Å². The van der Waals surface area contributed by atoms with E-state index in [0.717, 1.165) is 5.52 Å². The number of methoxy groups -OCH3 is 1. The fourth-order valence-corrected chi connectivity index (χ4v) is 3.62. The van der Waals surface area contributed by atoms with E-state index in [-0.39, 0.29) is 25.4 Å². The number of nitrogens with zero attached hydrogens (tertiary/aromatic N) is 2. The fraction of sp³-hybridized carbons (Fsp3) is 0.391. The van der Waals surface area contributed by atoms with Crippen molar-refractivity contribution in [3.8, 4) is 0 Å². The summed E-state index contributed by atoms with van der Waals surface area (Å²) in [7, 11) is 1.24. The van der Waals surface area contributed by atoms with Crippen LogP contribution < -0.4 is 16.1 Å². The van der Waals surface area contributed by atoms with E-state index in [1.54, 1.807) is 36.0 Å². The Morgan fingerprint density at radius 3 is 2.71 bits per heavy atom. The molecule has 0 bridgehead atoms. The summed E-state index contributed by atoms with van der Waals surface area (Å²) in [6, 6.07) is 8.25. The average molecular weight is 488 g/mol. The van der Waals surface area contributed by atoms with Gasteiger partial charge in [-0.25, -0.2) is 10.5 Å². The summed E-state index contributed by atoms with van der Waals surface area (Å²) in [4.78, 5) is 39.8. The summed E-state index contributed by atoms with van der Waals surface area (Å²) in [5, 5.41) is 24.6. The van der Waals surface area contributed by atoms with E-state index < -0.39 is 24.0 Å². The molecule has 35 heavy (non-hydrogen) atoms. The van der Waals surface area contributed by atoms with Crippen LogP contribution in [0.25, 0.3) is 11.0 Å². The molecule has 12 heteroatoms. The Kier molecular flexibility index (Phi) is 8.95. The van der Waals surface area contributed by atoms with Gasteiger partial charge in [0.25, 0.3) is 5.91 Å². The van der Waals surface area contributed by atoms with Gasteiger partial charge in [0, 0.05) is 12.0 Å². The lowest BCUT2D eigenvalue weighted by atomic mass is 10.1. The number of esters is 1. The summed E-state index contributed by atoms with van der Waals surface area (Å²) in [5.41, 5.74) is 3.16. The number of aliphatic hydroxyl groups is 1. The molecule has 0 fully saturated rings. The Labute approximate surface area is 201 Å². The number of aromatic nitrogens is 2. The molecule has 0 spiro atoms. The van der Waals surface area contributed by atoms with E-state index in [9.17, 15) is 19.5 Å². The average Bonchev–Trinajstić information content (AvgIpc) is 3.51.